The molecule has 2 heteroatoms. The number of fused-ring (bicyclic) bond motifs is 1. The lowest BCUT2D eigenvalue weighted by Gasteiger charge is -2.39. The average Bonchev–Trinajstić information content (AvgIpc) is 2.73. The minimum atomic E-state index is -0.677. The number of hydrogen-bond donors (Lipinski definition) is 2. The predicted molar refractivity (Wildman–Crippen MR) is 77.6 cm³/mol. The second-order valence-corrected chi connectivity index (χ2v) is 6.46. The molecule has 2 aliphatic carbocycles. The molecule has 4 unspecified atom stereocenters. The van der Waals surface area contributed by atoms with Crippen molar-refractivity contribution in [1.29, 1.82) is 0 Å². The Hall–Kier alpha value is -0.860. The van der Waals surface area contributed by atoms with Gasteiger partial charge in [0.2, 0.25) is 0 Å². The van der Waals surface area contributed by atoms with Crippen molar-refractivity contribution in [3.05, 3.63) is 35.4 Å². The van der Waals surface area contributed by atoms with Gasteiger partial charge in [0.25, 0.3) is 0 Å². The van der Waals surface area contributed by atoms with Crippen LogP contribution in [0.15, 0.2) is 24.3 Å². The van der Waals surface area contributed by atoms with Crippen LogP contribution in [0.2, 0.25) is 0 Å². The van der Waals surface area contributed by atoms with Crippen molar-refractivity contribution >= 4 is 0 Å². The lowest BCUT2D eigenvalue weighted by molar-refractivity contribution is -0.0491. The summed E-state index contributed by atoms with van der Waals surface area (Å²) in [5.41, 5.74) is 7.82. The van der Waals surface area contributed by atoms with E-state index < -0.39 is 5.60 Å². The second kappa shape index (κ2) is 4.92. The molecule has 2 nitrogen and oxygen atoms in total. The zero-order valence-corrected chi connectivity index (χ0v) is 11.8. The third-order valence-corrected chi connectivity index (χ3v) is 5.39. The maximum atomic E-state index is 11.3. The molecule has 1 fully saturated rings. The maximum absolute atomic E-state index is 11.3. The molecule has 19 heavy (non-hydrogen) atoms. The van der Waals surface area contributed by atoms with E-state index in [2.05, 4.69) is 19.1 Å². The number of aliphatic hydroxyl groups is 1. The van der Waals surface area contributed by atoms with Crippen LogP contribution in [0.1, 0.15) is 62.6 Å². The number of rotatable bonds is 2. The van der Waals surface area contributed by atoms with Gasteiger partial charge in [-0.3, -0.25) is 0 Å². The van der Waals surface area contributed by atoms with Crippen molar-refractivity contribution in [3.8, 4) is 0 Å². The van der Waals surface area contributed by atoms with Crippen LogP contribution in [-0.4, -0.2) is 5.11 Å². The molecule has 1 saturated carbocycles. The molecule has 4 atom stereocenters. The lowest BCUT2D eigenvalue weighted by atomic mass is 9.70. The molecule has 0 radical (unpaired) electrons. The Kier molecular flexibility index (Phi) is 3.40. The standard InChI is InChI=1S/C17H25NO/c1-2-12-6-5-7-13(10-12)17(19)11-16(18)14-8-3-4-9-15(14)17/h3-4,8-9,12-13,16,19H,2,5-7,10-11,18H2,1H3. The Labute approximate surface area is 116 Å². The van der Waals surface area contributed by atoms with Gasteiger partial charge in [-0.15, -0.1) is 0 Å². The molecule has 0 aromatic heterocycles. The van der Waals surface area contributed by atoms with Gasteiger partial charge >= 0.3 is 0 Å². The first kappa shape index (κ1) is 13.1. The Morgan fingerprint density at radius 1 is 1.32 bits per heavy atom. The van der Waals surface area contributed by atoms with Gasteiger partial charge in [-0.25, -0.2) is 0 Å². The van der Waals surface area contributed by atoms with Crippen molar-refractivity contribution in [3.63, 3.8) is 0 Å². The first-order valence-electron chi connectivity index (χ1n) is 7.72. The van der Waals surface area contributed by atoms with Crippen molar-refractivity contribution in [1.82, 2.24) is 0 Å². The van der Waals surface area contributed by atoms with Gasteiger partial charge in [0.15, 0.2) is 0 Å². The summed E-state index contributed by atoms with van der Waals surface area (Å²) in [6.07, 6.45) is 6.83. The van der Waals surface area contributed by atoms with E-state index in [1.54, 1.807) is 0 Å². The van der Waals surface area contributed by atoms with Crippen molar-refractivity contribution < 1.29 is 5.11 Å². The molecule has 0 amide bonds. The normalized spacial score (nSPS) is 38.2. The summed E-state index contributed by atoms with van der Waals surface area (Å²) in [6, 6.07) is 8.22. The number of benzene rings is 1. The molecular formula is C17H25NO. The fraction of sp³-hybridized carbons (Fsp3) is 0.647. The lowest BCUT2D eigenvalue weighted by Crippen LogP contribution is -2.36. The van der Waals surface area contributed by atoms with E-state index in [-0.39, 0.29) is 6.04 Å². The Balaban J connectivity index is 1.92. The zero-order valence-electron chi connectivity index (χ0n) is 11.8. The minimum absolute atomic E-state index is 0.00297. The quantitative estimate of drug-likeness (QED) is 0.854. The summed E-state index contributed by atoms with van der Waals surface area (Å²) in [4.78, 5) is 0. The molecule has 3 N–H and O–H groups in total. The van der Waals surface area contributed by atoms with Gasteiger partial charge in [0.1, 0.15) is 0 Å². The highest BCUT2D eigenvalue weighted by molar-refractivity contribution is 5.40. The maximum Gasteiger partial charge on any atom is 0.0945 e. The molecule has 1 aromatic rings. The van der Waals surface area contributed by atoms with E-state index in [0.717, 1.165) is 29.9 Å². The molecule has 104 valence electrons. The number of nitrogens with two attached hydrogens (primary N) is 1. The molecule has 0 heterocycles. The van der Waals surface area contributed by atoms with Crippen molar-refractivity contribution in [2.75, 3.05) is 0 Å². The first-order chi connectivity index (χ1) is 9.15. The summed E-state index contributed by atoms with van der Waals surface area (Å²) in [5, 5.41) is 11.3. The molecule has 0 aliphatic heterocycles. The van der Waals surface area contributed by atoms with Gasteiger partial charge in [-0.05, 0) is 42.2 Å². The van der Waals surface area contributed by atoms with Crippen LogP contribution in [0.3, 0.4) is 0 Å². The zero-order chi connectivity index (χ0) is 13.5. The van der Waals surface area contributed by atoms with E-state index in [4.69, 9.17) is 5.73 Å². The fourth-order valence-electron chi connectivity index (χ4n) is 4.25. The second-order valence-electron chi connectivity index (χ2n) is 6.46. The fourth-order valence-corrected chi connectivity index (χ4v) is 4.25. The van der Waals surface area contributed by atoms with Crippen molar-refractivity contribution in [2.24, 2.45) is 17.6 Å². The van der Waals surface area contributed by atoms with Crippen LogP contribution in [-0.2, 0) is 5.60 Å². The summed E-state index contributed by atoms with van der Waals surface area (Å²) in [6.45, 7) is 2.27. The SMILES string of the molecule is CCC1CCCC(C2(O)CC(N)c3ccccc32)C1. The highest BCUT2D eigenvalue weighted by Gasteiger charge is 2.47. The van der Waals surface area contributed by atoms with Gasteiger partial charge in [-0.2, -0.15) is 0 Å². The topological polar surface area (TPSA) is 46.2 Å². The molecule has 2 aliphatic rings. The van der Waals surface area contributed by atoms with E-state index in [0.29, 0.717) is 12.3 Å². The predicted octanol–water partition coefficient (Wildman–Crippen LogP) is 3.49. The summed E-state index contributed by atoms with van der Waals surface area (Å²) < 4.78 is 0. The van der Waals surface area contributed by atoms with E-state index >= 15 is 0 Å². The van der Waals surface area contributed by atoms with Crippen LogP contribution in [0, 0.1) is 11.8 Å². The Morgan fingerprint density at radius 2 is 2.11 bits per heavy atom. The Morgan fingerprint density at radius 3 is 2.89 bits per heavy atom. The molecule has 3 rings (SSSR count). The first-order valence-corrected chi connectivity index (χ1v) is 7.72. The van der Waals surface area contributed by atoms with Crippen LogP contribution in [0.4, 0.5) is 0 Å². The van der Waals surface area contributed by atoms with Gasteiger partial charge in [0.05, 0.1) is 5.60 Å². The van der Waals surface area contributed by atoms with Crippen LogP contribution in [0.5, 0.6) is 0 Å². The third kappa shape index (κ3) is 2.11. The van der Waals surface area contributed by atoms with Crippen molar-refractivity contribution in [2.45, 2.75) is 57.1 Å². The van der Waals surface area contributed by atoms with E-state index in [1.165, 1.54) is 19.3 Å². The van der Waals surface area contributed by atoms with Crippen LogP contribution in [0.25, 0.3) is 0 Å². The average molecular weight is 259 g/mol. The summed E-state index contributed by atoms with van der Waals surface area (Å²) in [7, 11) is 0. The van der Waals surface area contributed by atoms with Crippen LogP contribution < -0.4 is 5.73 Å². The van der Waals surface area contributed by atoms with Gasteiger partial charge in [-0.1, -0.05) is 50.5 Å². The smallest absolute Gasteiger partial charge is 0.0945 e. The van der Waals surface area contributed by atoms with Gasteiger partial charge < -0.3 is 10.8 Å². The molecule has 0 bridgehead atoms. The van der Waals surface area contributed by atoms with Crippen LogP contribution >= 0.6 is 0 Å². The highest BCUT2D eigenvalue weighted by Crippen LogP contribution is 2.51. The largest absolute Gasteiger partial charge is 0.385 e. The molecule has 1 aromatic carbocycles. The molecule has 0 spiro atoms. The summed E-state index contributed by atoms with van der Waals surface area (Å²) in [5.74, 6) is 1.17. The van der Waals surface area contributed by atoms with Gasteiger partial charge in [0, 0.05) is 6.04 Å². The van der Waals surface area contributed by atoms with E-state index in [9.17, 15) is 5.11 Å². The monoisotopic (exact) mass is 259 g/mol. The molecular weight excluding hydrogens is 234 g/mol. The Bertz CT molecular complexity index is 458. The van der Waals surface area contributed by atoms with E-state index in [1.807, 2.05) is 12.1 Å². The summed E-state index contributed by atoms with van der Waals surface area (Å²) >= 11 is 0. The highest BCUT2D eigenvalue weighted by atomic mass is 16.3. The molecule has 0 saturated heterocycles. The third-order valence-electron chi connectivity index (χ3n) is 5.39. The number of hydrogen-bond acceptors (Lipinski definition) is 2. The minimum Gasteiger partial charge on any atom is -0.385 e.